The first-order valence-corrected chi connectivity index (χ1v) is 10.0. The van der Waals surface area contributed by atoms with Crippen molar-refractivity contribution < 1.29 is 23.1 Å². The second kappa shape index (κ2) is 10.1. The Morgan fingerprint density at radius 2 is 1.90 bits per heavy atom. The minimum absolute atomic E-state index is 0.0576. The Morgan fingerprint density at radius 3 is 2.40 bits per heavy atom. The number of halogens is 3. The summed E-state index contributed by atoms with van der Waals surface area (Å²) in [5.74, 6) is 0.403. The summed E-state index contributed by atoms with van der Waals surface area (Å²) in [4.78, 5) is 16.7. The van der Waals surface area contributed by atoms with E-state index in [1.165, 1.54) is 16.9 Å². The molecule has 0 aliphatic carbocycles. The number of nitrogens with one attached hydrogen (secondary N) is 1. The van der Waals surface area contributed by atoms with Gasteiger partial charge in [-0.25, -0.2) is 9.67 Å². The minimum atomic E-state index is -4.47. The fraction of sp³-hybridized carbons (Fsp3) is 0.571. The first-order valence-electron chi connectivity index (χ1n) is 10.0. The van der Waals surface area contributed by atoms with Crippen LogP contribution in [0.5, 0.6) is 0 Å². The number of hydrogen-bond acceptors (Lipinski definition) is 4. The fourth-order valence-electron chi connectivity index (χ4n) is 3.43. The smallest absolute Gasteiger partial charge is 0.396 e. The number of nitrogens with zero attached hydrogens (tertiary/aromatic N) is 3. The van der Waals surface area contributed by atoms with Crippen LogP contribution in [0.2, 0.25) is 0 Å². The Bertz CT molecular complexity index is 830. The van der Waals surface area contributed by atoms with Crippen LogP contribution in [0, 0.1) is 11.8 Å². The highest BCUT2D eigenvalue weighted by molar-refractivity contribution is 5.95. The Labute approximate surface area is 174 Å². The molecule has 0 bridgehead atoms. The summed E-state index contributed by atoms with van der Waals surface area (Å²) >= 11 is 0. The summed E-state index contributed by atoms with van der Waals surface area (Å²) in [6, 6.07) is 2.18. The van der Waals surface area contributed by atoms with E-state index in [1.807, 2.05) is 13.8 Å². The SMILES string of the molecule is CC(C)C[C@@H](CCO)CNC(=O)c1cnn(-c2ccc(C(F)(F)F)cn2)c1C(C)C. The van der Waals surface area contributed by atoms with E-state index < -0.39 is 11.7 Å². The molecule has 6 nitrogen and oxygen atoms in total. The van der Waals surface area contributed by atoms with Crippen molar-refractivity contribution in [1.29, 1.82) is 0 Å². The van der Waals surface area contributed by atoms with Gasteiger partial charge in [-0.05, 0) is 42.7 Å². The van der Waals surface area contributed by atoms with Crippen LogP contribution in [-0.4, -0.2) is 38.9 Å². The van der Waals surface area contributed by atoms with E-state index in [-0.39, 0.29) is 30.2 Å². The molecule has 2 N–H and O–H groups in total. The van der Waals surface area contributed by atoms with E-state index >= 15 is 0 Å². The number of aliphatic hydroxyl groups excluding tert-OH is 1. The molecule has 0 saturated heterocycles. The first-order chi connectivity index (χ1) is 14.0. The fourth-order valence-corrected chi connectivity index (χ4v) is 3.43. The van der Waals surface area contributed by atoms with Gasteiger partial charge in [0.2, 0.25) is 0 Å². The Kier molecular flexibility index (Phi) is 8.00. The van der Waals surface area contributed by atoms with Crippen molar-refractivity contribution in [2.75, 3.05) is 13.2 Å². The summed E-state index contributed by atoms with van der Waals surface area (Å²) < 4.78 is 39.8. The predicted molar refractivity (Wildman–Crippen MR) is 107 cm³/mol. The number of pyridine rings is 1. The van der Waals surface area contributed by atoms with Crippen LogP contribution in [0.25, 0.3) is 5.82 Å². The summed E-state index contributed by atoms with van der Waals surface area (Å²) in [6.45, 7) is 8.42. The molecule has 2 heterocycles. The Hall–Kier alpha value is -2.42. The quantitative estimate of drug-likeness (QED) is 0.630. The minimum Gasteiger partial charge on any atom is -0.396 e. The lowest BCUT2D eigenvalue weighted by atomic mass is 9.94. The number of aliphatic hydroxyl groups is 1. The molecule has 0 spiro atoms. The summed E-state index contributed by atoms with van der Waals surface area (Å²) in [6.07, 6.45) is -0.820. The maximum absolute atomic E-state index is 12.8. The molecule has 30 heavy (non-hydrogen) atoms. The van der Waals surface area contributed by atoms with Crippen LogP contribution >= 0.6 is 0 Å². The second-order valence-electron chi connectivity index (χ2n) is 8.13. The standard InChI is InChI=1S/C21H29F3N4O2/c1-13(2)9-15(7-8-29)10-26-20(30)17-12-27-28(19(17)14(3)4)18-6-5-16(11-25-18)21(22,23)24/h5-6,11-15,29H,7-10H2,1-4H3,(H,26,30)/t15-/m1/s1. The van der Waals surface area contributed by atoms with Crippen LogP contribution < -0.4 is 5.32 Å². The van der Waals surface area contributed by atoms with Gasteiger partial charge in [0.15, 0.2) is 5.82 Å². The zero-order valence-corrected chi connectivity index (χ0v) is 17.7. The molecule has 0 saturated carbocycles. The molecule has 0 aromatic carbocycles. The topological polar surface area (TPSA) is 80.0 Å². The monoisotopic (exact) mass is 426 g/mol. The lowest BCUT2D eigenvalue weighted by Gasteiger charge is -2.19. The molecule has 0 aliphatic heterocycles. The normalized spacial score (nSPS) is 13.1. The average Bonchev–Trinajstić information content (AvgIpc) is 3.10. The van der Waals surface area contributed by atoms with Gasteiger partial charge < -0.3 is 10.4 Å². The van der Waals surface area contributed by atoms with Crippen molar-refractivity contribution in [3.05, 3.63) is 41.3 Å². The summed E-state index contributed by atoms with van der Waals surface area (Å²) in [5.41, 5.74) is 0.0869. The second-order valence-corrected chi connectivity index (χ2v) is 8.13. The number of alkyl halides is 3. The van der Waals surface area contributed by atoms with E-state index in [1.54, 1.807) is 0 Å². The number of carbonyl (C=O) groups is 1. The lowest BCUT2D eigenvalue weighted by molar-refractivity contribution is -0.137. The van der Waals surface area contributed by atoms with Crippen LogP contribution in [0.3, 0.4) is 0 Å². The largest absolute Gasteiger partial charge is 0.417 e. The molecular formula is C21H29F3N4O2. The zero-order valence-electron chi connectivity index (χ0n) is 17.7. The van der Waals surface area contributed by atoms with Crippen LogP contribution in [-0.2, 0) is 6.18 Å². The number of hydrogen-bond donors (Lipinski definition) is 2. The zero-order chi connectivity index (χ0) is 22.5. The molecular weight excluding hydrogens is 397 g/mol. The Morgan fingerprint density at radius 1 is 1.20 bits per heavy atom. The van der Waals surface area contributed by atoms with E-state index in [2.05, 4.69) is 29.2 Å². The van der Waals surface area contributed by atoms with Crippen molar-refractivity contribution in [1.82, 2.24) is 20.1 Å². The third-order valence-electron chi connectivity index (χ3n) is 4.78. The Balaban J connectivity index is 2.24. The van der Waals surface area contributed by atoms with Gasteiger partial charge in [-0.3, -0.25) is 4.79 Å². The summed E-state index contributed by atoms with van der Waals surface area (Å²) in [5, 5.41) is 16.4. The van der Waals surface area contributed by atoms with Gasteiger partial charge in [0.05, 0.1) is 23.0 Å². The molecule has 2 aromatic heterocycles. The van der Waals surface area contributed by atoms with Gasteiger partial charge in [0.1, 0.15) is 0 Å². The van der Waals surface area contributed by atoms with Gasteiger partial charge >= 0.3 is 6.18 Å². The molecule has 2 rings (SSSR count). The number of rotatable bonds is 9. The van der Waals surface area contributed by atoms with Crippen molar-refractivity contribution >= 4 is 5.91 Å². The molecule has 166 valence electrons. The van der Waals surface area contributed by atoms with Gasteiger partial charge in [-0.2, -0.15) is 18.3 Å². The molecule has 0 aliphatic rings. The van der Waals surface area contributed by atoms with Gasteiger partial charge in [-0.1, -0.05) is 27.7 Å². The molecule has 9 heteroatoms. The van der Waals surface area contributed by atoms with Crippen molar-refractivity contribution in [2.24, 2.45) is 11.8 Å². The molecule has 0 fully saturated rings. The highest BCUT2D eigenvalue weighted by Gasteiger charge is 2.31. The average molecular weight is 426 g/mol. The number of amides is 1. The van der Waals surface area contributed by atoms with Crippen LogP contribution in [0.1, 0.15) is 68.1 Å². The maximum Gasteiger partial charge on any atom is 0.417 e. The molecule has 0 radical (unpaired) electrons. The van der Waals surface area contributed by atoms with Crippen LogP contribution in [0.4, 0.5) is 13.2 Å². The molecule has 1 atom stereocenters. The first kappa shape index (κ1) is 23.9. The third-order valence-corrected chi connectivity index (χ3v) is 4.78. The van der Waals surface area contributed by atoms with Crippen molar-refractivity contribution in [3.63, 3.8) is 0 Å². The van der Waals surface area contributed by atoms with Gasteiger partial charge in [0.25, 0.3) is 5.91 Å². The highest BCUT2D eigenvalue weighted by Crippen LogP contribution is 2.29. The van der Waals surface area contributed by atoms with Gasteiger partial charge in [0, 0.05) is 19.3 Å². The van der Waals surface area contributed by atoms with Crippen molar-refractivity contribution in [2.45, 2.75) is 52.6 Å². The number of carbonyl (C=O) groups excluding carboxylic acids is 1. The van der Waals surface area contributed by atoms with E-state index in [0.717, 1.165) is 18.7 Å². The lowest BCUT2D eigenvalue weighted by Crippen LogP contribution is -2.31. The highest BCUT2D eigenvalue weighted by atomic mass is 19.4. The van der Waals surface area contributed by atoms with E-state index in [9.17, 15) is 23.1 Å². The van der Waals surface area contributed by atoms with Crippen molar-refractivity contribution in [3.8, 4) is 5.82 Å². The molecule has 0 unspecified atom stereocenters. The maximum atomic E-state index is 12.8. The molecule has 2 aromatic rings. The molecule has 1 amide bonds. The third kappa shape index (κ3) is 6.04. The van der Waals surface area contributed by atoms with Gasteiger partial charge in [-0.15, -0.1) is 0 Å². The predicted octanol–water partition coefficient (Wildman–Crippen LogP) is 4.18. The number of aromatic nitrogens is 3. The van der Waals surface area contributed by atoms with Crippen LogP contribution in [0.15, 0.2) is 24.5 Å². The van der Waals surface area contributed by atoms with E-state index in [4.69, 9.17) is 0 Å². The summed E-state index contributed by atoms with van der Waals surface area (Å²) in [7, 11) is 0. The van der Waals surface area contributed by atoms with E-state index in [0.29, 0.717) is 30.1 Å².